The largest absolute Gasteiger partial charge is 0.316 e. The second-order valence-corrected chi connectivity index (χ2v) is 6.54. The first-order chi connectivity index (χ1) is 6.35. The molecule has 0 spiro atoms. The zero-order valence-corrected chi connectivity index (χ0v) is 10.5. The monoisotopic (exact) mass is 203 g/mol. The summed E-state index contributed by atoms with van der Waals surface area (Å²) in [5.41, 5.74) is 0. The molecule has 0 aromatic heterocycles. The maximum Gasteiger partial charge on any atom is -0.000950 e. The third kappa shape index (κ3) is 8.71. The smallest absolute Gasteiger partial charge is 0.000950 e. The van der Waals surface area contributed by atoms with Gasteiger partial charge in [0.05, 0.1) is 0 Å². The lowest BCUT2D eigenvalue weighted by atomic mass is 10.2. The second kappa shape index (κ2) is 10.5. The van der Waals surface area contributed by atoms with Gasteiger partial charge in [0.15, 0.2) is 0 Å². The van der Waals surface area contributed by atoms with Gasteiger partial charge >= 0.3 is 0 Å². The molecule has 0 bridgehead atoms. The van der Waals surface area contributed by atoms with Gasteiger partial charge < -0.3 is 5.32 Å². The quantitative estimate of drug-likeness (QED) is 0.448. The first-order valence-corrected chi connectivity index (χ1v) is 7.67. The molecule has 0 radical (unpaired) electrons. The number of hydrogen-bond acceptors (Lipinski definition) is 1. The Morgan fingerprint density at radius 3 is 2.15 bits per heavy atom. The van der Waals surface area contributed by atoms with Crippen molar-refractivity contribution in [2.45, 2.75) is 40.0 Å². The summed E-state index contributed by atoms with van der Waals surface area (Å²) < 4.78 is 0. The van der Waals surface area contributed by atoms with Crippen molar-refractivity contribution in [3.8, 4) is 0 Å². The molecule has 80 valence electrons. The minimum atomic E-state index is 0.357. The maximum absolute atomic E-state index is 3.54. The van der Waals surface area contributed by atoms with Crippen LogP contribution in [0.3, 0.4) is 0 Å². The van der Waals surface area contributed by atoms with Crippen LogP contribution in [-0.4, -0.2) is 31.6 Å². The summed E-state index contributed by atoms with van der Waals surface area (Å²) >= 11 is 0. The van der Waals surface area contributed by atoms with Crippen LogP contribution in [0.15, 0.2) is 0 Å². The van der Waals surface area contributed by atoms with Gasteiger partial charge in [-0.05, 0) is 38.0 Å². The molecule has 0 aliphatic rings. The number of unbranched alkanes of at least 4 members (excludes halogenated alkanes) is 2. The summed E-state index contributed by atoms with van der Waals surface area (Å²) in [7, 11) is 0.357. The Bertz CT molecular complexity index is 92.1. The van der Waals surface area contributed by atoms with E-state index in [2.05, 4.69) is 26.1 Å². The van der Waals surface area contributed by atoms with Crippen molar-refractivity contribution in [3.63, 3.8) is 0 Å². The Morgan fingerprint density at radius 2 is 1.62 bits per heavy atom. The lowest BCUT2D eigenvalue weighted by Crippen LogP contribution is -2.19. The van der Waals surface area contributed by atoms with Crippen LogP contribution in [0.1, 0.15) is 40.0 Å². The standard InChI is InChI=1S/C11H26NP/c1-4-7-8-9-12-10-11-13(5-2)6-3/h12H,4-11H2,1-3H3. The summed E-state index contributed by atoms with van der Waals surface area (Å²) in [5.74, 6) is 0. The number of rotatable bonds is 9. The zero-order chi connectivity index (χ0) is 9.94. The Labute approximate surface area is 85.4 Å². The summed E-state index contributed by atoms with van der Waals surface area (Å²) in [5, 5.41) is 3.54. The fraction of sp³-hybridized carbons (Fsp3) is 1.00. The summed E-state index contributed by atoms with van der Waals surface area (Å²) in [6.07, 6.45) is 8.30. The molecular weight excluding hydrogens is 177 g/mol. The normalized spacial score (nSPS) is 11.1. The molecule has 0 heterocycles. The first kappa shape index (κ1) is 13.4. The lowest BCUT2D eigenvalue weighted by molar-refractivity contribution is 0.635. The molecule has 2 heteroatoms. The molecule has 1 nitrogen and oxygen atoms in total. The molecule has 1 N–H and O–H groups in total. The van der Waals surface area contributed by atoms with E-state index in [1.54, 1.807) is 0 Å². The van der Waals surface area contributed by atoms with Crippen LogP contribution in [0.4, 0.5) is 0 Å². The summed E-state index contributed by atoms with van der Waals surface area (Å²) in [6.45, 7) is 9.38. The molecule has 0 amide bonds. The van der Waals surface area contributed by atoms with E-state index in [4.69, 9.17) is 0 Å². The van der Waals surface area contributed by atoms with Gasteiger partial charge in [0.25, 0.3) is 0 Å². The maximum atomic E-state index is 3.54. The van der Waals surface area contributed by atoms with Gasteiger partial charge in [0, 0.05) is 0 Å². The van der Waals surface area contributed by atoms with Gasteiger partial charge in [-0.2, -0.15) is 0 Å². The third-order valence-corrected chi connectivity index (χ3v) is 5.10. The molecule has 0 aliphatic heterocycles. The van der Waals surface area contributed by atoms with Crippen molar-refractivity contribution in [2.24, 2.45) is 0 Å². The third-order valence-electron chi connectivity index (χ3n) is 2.46. The van der Waals surface area contributed by atoms with Gasteiger partial charge in [0.2, 0.25) is 0 Å². The van der Waals surface area contributed by atoms with E-state index < -0.39 is 0 Å². The van der Waals surface area contributed by atoms with Crippen molar-refractivity contribution in [3.05, 3.63) is 0 Å². The molecule has 0 unspecified atom stereocenters. The van der Waals surface area contributed by atoms with E-state index in [1.807, 2.05) is 0 Å². The van der Waals surface area contributed by atoms with Crippen LogP contribution < -0.4 is 5.32 Å². The van der Waals surface area contributed by atoms with Gasteiger partial charge in [-0.3, -0.25) is 0 Å². The van der Waals surface area contributed by atoms with Crippen LogP contribution in [0.5, 0.6) is 0 Å². The summed E-state index contributed by atoms with van der Waals surface area (Å²) in [4.78, 5) is 0. The molecule has 0 saturated carbocycles. The van der Waals surface area contributed by atoms with Crippen molar-refractivity contribution in [1.82, 2.24) is 5.32 Å². The average Bonchev–Trinajstić information content (AvgIpc) is 2.17. The minimum Gasteiger partial charge on any atom is -0.316 e. The predicted octanol–water partition coefficient (Wildman–Crippen LogP) is 3.29. The topological polar surface area (TPSA) is 12.0 Å². The van der Waals surface area contributed by atoms with Crippen LogP contribution in [0.2, 0.25) is 0 Å². The summed E-state index contributed by atoms with van der Waals surface area (Å²) in [6, 6.07) is 0. The van der Waals surface area contributed by atoms with Crippen molar-refractivity contribution >= 4 is 7.92 Å². The van der Waals surface area contributed by atoms with Crippen molar-refractivity contribution in [2.75, 3.05) is 31.6 Å². The number of nitrogens with one attached hydrogen (secondary N) is 1. The Balaban J connectivity index is 3.05. The average molecular weight is 203 g/mol. The molecule has 0 saturated heterocycles. The van der Waals surface area contributed by atoms with E-state index in [0.717, 1.165) is 0 Å². The molecule has 0 atom stereocenters. The molecular formula is C11H26NP. The van der Waals surface area contributed by atoms with Gasteiger partial charge in [-0.25, -0.2) is 0 Å². The van der Waals surface area contributed by atoms with Crippen LogP contribution >= 0.6 is 7.92 Å². The minimum absolute atomic E-state index is 0.357. The number of hydrogen-bond donors (Lipinski definition) is 1. The molecule has 13 heavy (non-hydrogen) atoms. The van der Waals surface area contributed by atoms with Crippen molar-refractivity contribution in [1.29, 1.82) is 0 Å². The Morgan fingerprint density at radius 1 is 0.923 bits per heavy atom. The second-order valence-electron chi connectivity index (χ2n) is 3.48. The van der Waals surface area contributed by atoms with Crippen LogP contribution in [0.25, 0.3) is 0 Å². The Kier molecular flexibility index (Phi) is 10.8. The molecule has 0 aliphatic carbocycles. The zero-order valence-electron chi connectivity index (χ0n) is 9.60. The highest BCUT2D eigenvalue weighted by Crippen LogP contribution is 2.32. The van der Waals surface area contributed by atoms with E-state index in [-0.39, 0.29) is 0 Å². The molecule has 0 rings (SSSR count). The van der Waals surface area contributed by atoms with E-state index >= 15 is 0 Å². The fourth-order valence-electron chi connectivity index (χ4n) is 1.40. The van der Waals surface area contributed by atoms with E-state index in [0.29, 0.717) is 7.92 Å². The fourth-order valence-corrected chi connectivity index (χ4v) is 2.96. The van der Waals surface area contributed by atoms with Gasteiger partial charge in [-0.1, -0.05) is 33.6 Å². The highest BCUT2D eigenvalue weighted by molar-refractivity contribution is 7.57. The highest BCUT2D eigenvalue weighted by Gasteiger charge is 2.00. The SMILES string of the molecule is CCCCCNCCP(CC)CC. The Hall–Kier alpha value is 0.390. The van der Waals surface area contributed by atoms with Crippen LogP contribution in [0, 0.1) is 0 Å². The first-order valence-electron chi connectivity index (χ1n) is 5.78. The predicted molar refractivity (Wildman–Crippen MR) is 65.3 cm³/mol. The molecule has 0 aromatic carbocycles. The molecule has 0 aromatic rings. The van der Waals surface area contributed by atoms with E-state index in [9.17, 15) is 0 Å². The molecule has 0 fully saturated rings. The van der Waals surface area contributed by atoms with E-state index in [1.165, 1.54) is 50.8 Å². The van der Waals surface area contributed by atoms with Crippen LogP contribution in [-0.2, 0) is 0 Å². The highest BCUT2D eigenvalue weighted by atomic mass is 31.1. The van der Waals surface area contributed by atoms with Crippen molar-refractivity contribution < 1.29 is 0 Å². The van der Waals surface area contributed by atoms with Gasteiger partial charge in [-0.15, -0.1) is 7.92 Å². The lowest BCUT2D eigenvalue weighted by Gasteiger charge is -2.13. The van der Waals surface area contributed by atoms with Gasteiger partial charge in [0.1, 0.15) is 0 Å².